The third kappa shape index (κ3) is 3.56. The van der Waals surface area contributed by atoms with Crippen LogP contribution in [0.3, 0.4) is 0 Å². The summed E-state index contributed by atoms with van der Waals surface area (Å²) in [6.07, 6.45) is 0.773. The second-order valence-corrected chi connectivity index (χ2v) is 8.24. The van der Waals surface area contributed by atoms with Crippen LogP contribution >= 0.6 is 11.6 Å². The summed E-state index contributed by atoms with van der Waals surface area (Å²) >= 11 is 6.01. The molecule has 0 spiro atoms. The second kappa shape index (κ2) is 6.78. The van der Waals surface area contributed by atoms with Crippen LogP contribution in [0.25, 0.3) is 0 Å². The summed E-state index contributed by atoms with van der Waals surface area (Å²) in [5.74, 6) is -0.272. The quantitative estimate of drug-likeness (QED) is 0.889. The Bertz CT molecular complexity index is 928. The van der Waals surface area contributed by atoms with Gasteiger partial charge >= 0.3 is 0 Å². The predicted octanol–water partition coefficient (Wildman–Crippen LogP) is 2.90. The summed E-state index contributed by atoms with van der Waals surface area (Å²) in [6, 6.07) is 11.3. The highest BCUT2D eigenvalue weighted by Gasteiger charge is 2.30. The van der Waals surface area contributed by atoms with E-state index in [1.165, 1.54) is 12.1 Å². The van der Waals surface area contributed by atoms with E-state index in [1.54, 1.807) is 24.8 Å². The van der Waals surface area contributed by atoms with Crippen molar-refractivity contribution < 1.29 is 13.2 Å². The van der Waals surface area contributed by atoms with Crippen LogP contribution in [-0.4, -0.2) is 26.9 Å². The normalized spacial score (nSPS) is 15.1. The first-order valence-corrected chi connectivity index (χ1v) is 9.83. The van der Waals surface area contributed by atoms with Gasteiger partial charge in [-0.3, -0.25) is 4.79 Å². The molecule has 1 heterocycles. The second-order valence-electron chi connectivity index (χ2n) is 6.12. The molecule has 0 saturated heterocycles. The molecular formula is C18H19ClN2O3S. The first kappa shape index (κ1) is 17.9. The first-order chi connectivity index (χ1) is 11.8. The van der Waals surface area contributed by atoms with Gasteiger partial charge in [0.25, 0.3) is 0 Å². The van der Waals surface area contributed by atoms with Crippen molar-refractivity contribution in [1.29, 1.82) is 0 Å². The van der Waals surface area contributed by atoms with Crippen molar-refractivity contribution in [2.45, 2.75) is 31.2 Å². The van der Waals surface area contributed by atoms with E-state index in [4.69, 9.17) is 11.6 Å². The fraction of sp³-hybridized carbons (Fsp3) is 0.278. The number of nitrogens with one attached hydrogen (secondary N) is 1. The minimum Gasteiger partial charge on any atom is -0.310 e. The van der Waals surface area contributed by atoms with E-state index in [0.29, 0.717) is 11.6 Å². The zero-order valence-corrected chi connectivity index (χ0v) is 15.6. The molecule has 2 aromatic rings. The van der Waals surface area contributed by atoms with Crippen LogP contribution < -0.4 is 9.62 Å². The van der Waals surface area contributed by atoms with E-state index in [9.17, 15) is 13.2 Å². The number of benzene rings is 2. The Labute approximate surface area is 152 Å². The summed E-state index contributed by atoms with van der Waals surface area (Å²) in [7, 11) is -3.83. The zero-order chi connectivity index (χ0) is 18.2. The largest absolute Gasteiger partial charge is 0.310 e. The molecule has 0 bridgehead atoms. The number of amides is 1. The Morgan fingerprint density at radius 2 is 1.96 bits per heavy atom. The van der Waals surface area contributed by atoms with Gasteiger partial charge < -0.3 is 4.90 Å². The topological polar surface area (TPSA) is 66.5 Å². The van der Waals surface area contributed by atoms with E-state index in [1.807, 2.05) is 24.3 Å². The van der Waals surface area contributed by atoms with E-state index in [0.717, 1.165) is 23.2 Å². The molecule has 1 aliphatic heterocycles. The lowest BCUT2D eigenvalue weighted by Gasteiger charge is -2.22. The standard InChI is InChI=1S/C18H19ClN2O3S/c1-12-7-8-15(11-16(12)19)25(23,24)20-13(2)18(22)21-10-9-14-5-3-4-6-17(14)21/h3-8,11,13,20H,9-10H2,1-2H3/t13-/m0/s1. The number of halogens is 1. The summed E-state index contributed by atoms with van der Waals surface area (Å²) in [5.41, 5.74) is 2.73. The average molecular weight is 379 g/mol. The number of hydrogen-bond donors (Lipinski definition) is 1. The zero-order valence-electron chi connectivity index (χ0n) is 14.0. The van der Waals surface area contributed by atoms with E-state index in [-0.39, 0.29) is 10.8 Å². The average Bonchev–Trinajstić information content (AvgIpc) is 3.00. The van der Waals surface area contributed by atoms with Gasteiger partial charge in [0.2, 0.25) is 15.9 Å². The van der Waals surface area contributed by atoms with Crippen LogP contribution in [0.4, 0.5) is 5.69 Å². The Kier molecular flexibility index (Phi) is 4.86. The molecular weight excluding hydrogens is 360 g/mol. The van der Waals surface area contributed by atoms with Crippen molar-refractivity contribution in [3.8, 4) is 0 Å². The van der Waals surface area contributed by atoms with Gasteiger partial charge in [-0.25, -0.2) is 8.42 Å². The van der Waals surface area contributed by atoms with Crippen molar-refractivity contribution in [2.24, 2.45) is 0 Å². The number of rotatable bonds is 4. The molecule has 3 rings (SSSR count). The van der Waals surface area contributed by atoms with Crippen LogP contribution in [0.2, 0.25) is 5.02 Å². The summed E-state index contributed by atoms with van der Waals surface area (Å²) < 4.78 is 27.5. The fourth-order valence-corrected chi connectivity index (χ4v) is 4.36. The van der Waals surface area contributed by atoms with Gasteiger partial charge in [-0.15, -0.1) is 0 Å². The highest BCUT2D eigenvalue weighted by molar-refractivity contribution is 7.89. The molecule has 1 amide bonds. The molecule has 7 heteroatoms. The first-order valence-electron chi connectivity index (χ1n) is 7.97. The predicted molar refractivity (Wildman–Crippen MR) is 98.5 cm³/mol. The molecule has 2 aromatic carbocycles. The molecule has 1 N–H and O–H groups in total. The molecule has 0 radical (unpaired) electrons. The monoisotopic (exact) mass is 378 g/mol. The molecule has 1 aliphatic rings. The number of nitrogens with zero attached hydrogens (tertiary/aromatic N) is 1. The van der Waals surface area contributed by atoms with Gasteiger partial charge in [-0.1, -0.05) is 35.9 Å². The molecule has 0 aliphatic carbocycles. The number of anilines is 1. The maximum Gasteiger partial charge on any atom is 0.244 e. The molecule has 0 aromatic heterocycles. The summed E-state index contributed by atoms with van der Waals surface area (Å²) in [4.78, 5) is 14.4. The minimum absolute atomic E-state index is 0.0459. The van der Waals surface area contributed by atoms with Gasteiger partial charge in [0.15, 0.2) is 0 Å². The maximum atomic E-state index is 12.7. The molecule has 0 fully saturated rings. The van der Waals surface area contributed by atoms with E-state index >= 15 is 0 Å². The maximum absolute atomic E-state index is 12.7. The van der Waals surface area contributed by atoms with Crippen LogP contribution in [0.1, 0.15) is 18.1 Å². The lowest BCUT2D eigenvalue weighted by molar-refractivity contribution is -0.119. The number of para-hydroxylation sites is 1. The van der Waals surface area contributed by atoms with Gasteiger partial charge in [0.05, 0.1) is 10.9 Å². The van der Waals surface area contributed by atoms with Crippen LogP contribution in [0.5, 0.6) is 0 Å². The highest BCUT2D eigenvalue weighted by Crippen LogP contribution is 2.28. The Morgan fingerprint density at radius 3 is 2.68 bits per heavy atom. The Morgan fingerprint density at radius 1 is 1.24 bits per heavy atom. The SMILES string of the molecule is Cc1ccc(S(=O)(=O)N[C@@H](C)C(=O)N2CCc3ccccc32)cc1Cl. The molecule has 0 saturated carbocycles. The smallest absolute Gasteiger partial charge is 0.244 e. The third-order valence-corrected chi connectivity index (χ3v) is 6.25. The fourth-order valence-electron chi connectivity index (χ4n) is 2.89. The lowest BCUT2D eigenvalue weighted by Crippen LogP contribution is -2.46. The summed E-state index contributed by atoms with van der Waals surface area (Å²) in [5, 5.41) is 0.371. The number of hydrogen-bond acceptors (Lipinski definition) is 3. The van der Waals surface area contributed by atoms with Crippen LogP contribution in [0.15, 0.2) is 47.4 Å². The van der Waals surface area contributed by atoms with E-state index in [2.05, 4.69) is 4.72 Å². The number of sulfonamides is 1. The van der Waals surface area contributed by atoms with Crippen LogP contribution in [-0.2, 0) is 21.2 Å². The highest BCUT2D eigenvalue weighted by atomic mass is 35.5. The molecule has 0 unspecified atom stereocenters. The lowest BCUT2D eigenvalue weighted by atomic mass is 10.2. The van der Waals surface area contributed by atoms with Crippen molar-refractivity contribution in [3.05, 3.63) is 58.6 Å². The van der Waals surface area contributed by atoms with Crippen molar-refractivity contribution in [2.75, 3.05) is 11.4 Å². The number of carbonyl (C=O) groups excluding carboxylic acids is 1. The van der Waals surface area contributed by atoms with Crippen molar-refractivity contribution in [3.63, 3.8) is 0 Å². The molecule has 5 nitrogen and oxygen atoms in total. The molecule has 25 heavy (non-hydrogen) atoms. The van der Waals surface area contributed by atoms with Gasteiger partial charge in [-0.05, 0) is 49.6 Å². The van der Waals surface area contributed by atoms with E-state index < -0.39 is 16.1 Å². The number of aryl methyl sites for hydroxylation is 1. The van der Waals surface area contributed by atoms with Crippen LogP contribution in [0, 0.1) is 6.92 Å². The minimum atomic E-state index is -3.83. The van der Waals surface area contributed by atoms with Gasteiger partial charge in [0.1, 0.15) is 0 Å². The number of carbonyl (C=O) groups is 1. The summed E-state index contributed by atoms with van der Waals surface area (Å²) in [6.45, 7) is 3.90. The van der Waals surface area contributed by atoms with Gasteiger partial charge in [0, 0.05) is 17.3 Å². The molecule has 1 atom stereocenters. The molecule has 132 valence electrons. The van der Waals surface area contributed by atoms with Gasteiger partial charge in [-0.2, -0.15) is 4.72 Å². The van der Waals surface area contributed by atoms with Crippen molar-refractivity contribution in [1.82, 2.24) is 4.72 Å². The third-order valence-electron chi connectivity index (χ3n) is 4.31. The number of fused-ring (bicyclic) bond motifs is 1. The van der Waals surface area contributed by atoms with Crippen molar-refractivity contribution >= 4 is 33.2 Å². The Hall–Kier alpha value is -1.89. The Balaban J connectivity index is 1.78.